The molecule has 3 nitrogen and oxygen atoms in total. The van der Waals surface area contributed by atoms with Gasteiger partial charge in [-0.15, -0.1) is 0 Å². The monoisotopic (exact) mass is 173 g/mol. The van der Waals surface area contributed by atoms with E-state index in [1.54, 1.807) is 7.11 Å². The van der Waals surface area contributed by atoms with Crippen LogP contribution in [0.2, 0.25) is 0 Å². The fourth-order valence-corrected chi connectivity index (χ4v) is 1.36. The summed E-state index contributed by atoms with van der Waals surface area (Å²) in [5.41, 5.74) is 0. The average Bonchev–Trinajstić information content (AvgIpc) is 2.06. The van der Waals surface area contributed by atoms with Gasteiger partial charge in [0.1, 0.15) is 0 Å². The zero-order valence-electron chi connectivity index (χ0n) is 8.17. The fourth-order valence-electron chi connectivity index (χ4n) is 1.36. The van der Waals surface area contributed by atoms with E-state index in [9.17, 15) is 0 Å². The Morgan fingerprint density at radius 1 is 1.58 bits per heavy atom. The molecule has 1 heterocycles. The first kappa shape index (κ1) is 9.96. The van der Waals surface area contributed by atoms with Gasteiger partial charge in [0.25, 0.3) is 0 Å². The van der Waals surface area contributed by atoms with Crippen LogP contribution in [0, 0.1) is 5.92 Å². The van der Waals surface area contributed by atoms with Gasteiger partial charge >= 0.3 is 0 Å². The average molecular weight is 173 g/mol. The molecule has 0 spiro atoms. The van der Waals surface area contributed by atoms with Crippen LogP contribution in [0.5, 0.6) is 0 Å². The Kier molecular flexibility index (Phi) is 3.98. The van der Waals surface area contributed by atoms with Crippen molar-refractivity contribution in [1.29, 1.82) is 0 Å². The molecule has 1 N–H and O–H groups in total. The highest BCUT2D eigenvalue weighted by atomic mass is 16.5. The molecule has 0 aromatic rings. The molecule has 1 saturated heterocycles. The topological polar surface area (TPSA) is 30.5 Å². The number of ether oxygens (including phenoxy) is 2. The third-order valence-electron chi connectivity index (χ3n) is 2.28. The van der Waals surface area contributed by atoms with Gasteiger partial charge in [0.2, 0.25) is 0 Å². The third kappa shape index (κ3) is 2.73. The van der Waals surface area contributed by atoms with E-state index in [-0.39, 0.29) is 6.10 Å². The first-order valence-corrected chi connectivity index (χ1v) is 4.58. The van der Waals surface area contributed by atoms with Crippen molar-refractivity contribution in [3.8, 4) is 0 Å². The van der Waals surface area contributed by atoms with Crippen LogP contribution in [-0.2, 0) is 9.47 Å². The first-order chi connectivity index (χ1) is 5.74. The van der Waals surface area contributed by atoms with Gasteiger partial charge in [-0.3, -0.25) is 0 Å². The summed E-state index contributed by atoms with van der Waals surface area (Å²) in [7, 11) is 1.71. The van der Waals surface area contributed by atoms with E-state index in [1.165, 1.54) is 0 Å². The number of methoxy groups -OCH3 is 1. The lowest BCUT2D eigenvalue weighted by Gasteiger charge is -2.32. The zero-order chi connectivity index (χ0) is 8.97. The molecule has 12 heavy (non-hydrogen) atoms. The summed E-state index contributed by atoms with van der Waals surface area (Å²) in [6.45, 7) is 6.83. The van der Waals surface area contributed by atoms with Crippen LogP contribution in [0.1, 0.15) is 13.8 Å². The van der Waals surface area contributed by atoms with Gasteiger partial charge in [-0.1, -0.05) is 13.8 Å². The zero-order valence-corrected chi connectivity index (χ0v) is 8.17. The van der Waals surface area contributed by atoms with Gasteiger partial charge in [0.15, 0.2) is 0 Å². The maximum atomic E-state index is 5.60. The summed E-state index contributed by atoms with van der Waals surface area (Å²) in [6, 6.07) is 0.512. The minimum absolute atomic E-state index is 0.241. The van der Waals surface area contributed by atoms with Crippen molar-refractivity contribution in [2.75, 3.05) is 26.9 Å². The van der Waals surface area contributed by atoms with Crippen LogP contribution in [0.15, 0.2) is 0 Å². The Morgan fingerprint density at radius 2 is 2.33 bits per heavy atom. The third-order valence-corrected chi connectivity index (χ3v) is 2.28. The van der Waals surface area contributed by atoms with Gasteiger partial charge < -0.3 is 14.8 Å². The Bertz CT molecular complexity index is 120. The van der Waals surface area contributed by atoms with Crippen molar-refractivity contribution in [3.05, 3.63) is 0 Å². The van der Waals surface area contributed by atoms with Crippen LogP contribution < -0.4 is 5.32 Å². The second-order valence-electron chi connectivity index (χ2n) is 3.67. The highest BCUT2D eigenvalue weighted by Gasteiger charge is 2.22. The molecule has 2 unspecified atom stereocenters. The van der Waals surface area contributed by atoms with Gasteiger partial charge in [0, 0.05) is 19.7 Å². The molecule has 0 amide bonds. The van der Waals surface area contributed by atoms with Crippen LogP contribution in [0.4, 0.5) is 0 Å². The minimum atomic E-state index is 0.241. The molecule has 0 aliphatic carbocycles. The second-order valence-corrected chi connectivity index (χ2v) is 3.67. The summed E-state index contributed by atoms with van der Waals surface area (Å²) in [5, 5.41) is 3.45. The minimum Gasteiger partial charge on any atom is -0.382 e. The molecule has 1 aliphatic heterocycles. The fraction of sp³-hybridized carbons (Fsp3) is 1.00. The van der Waals surface area contributed by atoms with Crippen molar-refractivity contribution in [2.45, 2.75) is 26.0 Å². The summed E-state index contributed by atoms with van der Waals surface area (Å²) in [4.78, 5) is 0. The predicted molar refractivity (Wildman–Crippen MR) is 48.2 cm³/mol. The molecule has 3 heteroatoms. The molecule has 0 bridgehead atoms. The summed E-state index contributed by atoms with van der Waals surface area (Å²) in [5.74, 6) is 0.647. The van der Waals surface area contributed by atoms with Crippen molar-refractivity contribution in [2.24, 2.45) is 5.92 Å². The maximum absolute atomic E-state index is 5.60. The molecule has 0 radical (unpaired) electrons. The van der Waals surface area contributed by atoms with Gasteiger partial charge in [-0.2, -0.15) is 0 Å². The van der Waals surface area contributed by atoms with Crippen molar-refractivity contribution in [1.82, 2.24) is 5.32 Å². The Hall–Kier alpha value is -0.120. The van der Waals surface area contributed by atoms with Crippen LogP contribution >= 0.6 is 0 Å². The molecule has 0 aromatic heterocycles. The van der Waals surface area contributed by atoms with Crippen molar-refractivity contribution < 1.29 is 9.47 Å². The Morgan fingerprint density at radius 3 is 2.75 bits per heavy atom. The van der Waals surface area contributed by atoms with E-state index < -0.39 is 0 Å². The van der Waals surface area contributed by atoms with Crippen molar-refractivity contribution in [3.63, 3.8) is 0 Å². The molecular formula is C9H19NO2. The molecule has 1 fully saturated rings. The predicted octanol–water partition coefficient (Wildman–Crippen LogP) is 0.646. The number of rotatable bonds is 3. The Balaban J connectivity index is 2.20. The van der Waals surface area contributed by atoms with Crippen LogP contribution in [-0.4, -0.2) is 39.0 Å². The first-order valence-electron chi connectivity index (χ1n) is 4.58. The molecule has 0 aromatic carbocycles. The molecule has 0 saturated carbocycles. The van der Waals surface area contributed by atoms with Crippen LogP contribution in [0.3, 0.4) is 0 Å². The summed E-state index contributed by atoms with van der Waals surface area (Å²) in [6.07, 6.45) is 0.241. The molecule has 72 valence electrons. The second kappa shape index (κ2) is 4.80. The number of hydrogen-bond donors (Lipinski definition) is 1. The highest BCUT2D eigenvalue weighted by molar-refractivity contribution is 4.77. The lowest BCUT2D eigenvalue weighted by Crippen LogP contribution is -2.50. The van der Waals surface area contributed by atoms with E-state index in [1.807, 2.05) is 0 Å². The largest absolute Gasteiger partial charge is 0.382 e. The summed E-state index contributed by atoms with van der Waals surface area (Å²) >= 11 is 0. The van der Waals surface area contributed by atoms with Crippen molar-refractivity contribution >= 4 is 0 Å². The quantitative estimate of drug-likeness (QED) is 0.679. The van der Waals surface area contributed by atoms with Crippen LogP contribution in [0.25, 0.3) is 0 Å². The van der Waals surface area contributed by atoms with E-state index >= 15 is 0 Å². The summed E-state index contributed by atoms with van der Waals surface area (Å²) < 4.78 is 10.6. The van der Waals surface area contributed by atoms with Gasteiger partial charge in [-0.25, -0.2) is 0 Å². The van der Waals surface area contributed by atoms with E-state index in [0.29, 0.717) is 18.6 Å². The SMILES string of the molecule is COCC1CNC(C(C)C)CO1. The standard InChI is InChI=1S/C9H19NO2/c1-7(2)9-6-12-8(4-10-9)5-11-3/h7-10H,4-6H2,1-3H3. The van der Waals surface area contributed by atoms with Gasteiger partial charge in [0.05, 0.1) is 19.3 Å². The molecule has 2 atom stereocenters. The lowest BCUT2D eigenvalue weighted by molar-refractivity contribution is -0.0425. The number of hydrogen-bond acceptors (Lipinski definition) is 3. The molecular weight excluding hydrogens is 154 g/mol. The smallest absolute Gasteiger partial charge is 0.0933 e. The number of morpholine rings is 1. The highest BCUT2D eigenvalue weighted by Crippen LogP contribution is 2.08. The lowest BCUT2D eigenvalue weighted by atomic mass is 10.0. The Labute approximate surface area is 74.4 Å². The molecule has 1 rings (SSSR count). The van der Waals surface area contributed by atoms with E-state index in [0.717, 1.165) is 13.2 Å². The van der Waals surface area contributed by atoms with E-state index in [2.05, 4.69) is 19.2 Å². The van der Waals surface area contributed by atoms with Gasteiger partial charge in [-0.05, 0) is 5.92 Å². The van der Waals surface area contributed by atoms with E-state index in [4.69, 9.17) is 9.47 Å². The maximum Gasteiger partial charge on any atom is 0.0933 e. The number of nitrogens with one attached hydrogen (secondary N) is 1. The normalized spacial score (nSPS) is 31.0. The molecule has 1 aliphatic rings.